The van der Waals surface area contributed by atoms with Crippen molar-refractivity contribution in [2.45, 2.75) is 69.6 Å². The Labute approximate surface area is 184 Å². The number of carbonyl (C=O) groups is 2. The fourth-order valence-corrected chi connectivity index (χ4v) is 3.33. The third-order valence-electron chi connectivity index (χ3n) is 5.00. The van der Waals surface area contributed by atoms with Crippen molar-refractivity contribution in [3.8, 4) is 5.75 Å². The average Bonchev–Trinajstić information content (AvgIpc) is 2.72. The predicted octanol–water partition coefficient (Wildman–Crippen LogP) is -0.840. The van der Waals surface area contributed by atoms with Gasteiger partial charge in [0.1, 0.15) is 36.8 Å². The minimum atomic E-state index is -2.20. The maximum Gasteiger partial charge on any atom is 0.336 e. The molecule has 2 rings (SSSR count). The number of esters is 1. The lowest BCUT2D eigenvalue weighted by molar-refractivity contribution is -0.277. The standard InChI is InChI=1S/C21H30O11/c1-11(2)7-21(29,20(27)28)8-15(23)30-10-12-3-5-13(6-4-12)31-19-18(26)17(25)16(24)14(9-22)32-19/h3-6,11,14,16-19,22,24-26,29H,7-10H2,1-2H3,(H,27,28)/t14-,16-,17+,18-,19-,21-/m1/s1. The van der Waals surface area contributed by atoms with Crippen LogP contribution in [0.5, 0.6) is 5.75 Å². The summed E-state index contributed by atoms with van der Waals surface area (Å²) < 4.78 is 15.8. The van der Waals surface area contributed by atoms with Crippen LogP contribution in [0.15, 0.2) is 24.3 Å². The summed E-state index contributed by atoms with van der Waals surface area (Å²) in [7, 11) is 0. The summed E-state index contributed by atoms with van der Waals surface area (Å²) in [5.41, 5.74) is -1.66. The van der Waals surface area contributed by atoms with Gasteiger partial charge in [0, 0.05) is 0 Å². The van der Waals surface area contributed by atoms with Gasteiger partial charge in [-0.05, 0) is 30.0 Å². The summed E-state index contributed by atoms with van der Waals surface area (Å²) in [4.78, 5) is 23.3. The topological polar surface area (TPSA) is 183 Å². The number of carboxylic acids is 1. The molecule has 0 amide bonds. The van der Waals surface area contributed by atoms with E-state index in [4.69, 9.17) is 14.2 Å². The number of aliphatic hydroxyl groups excluding tert-OH is 4. The van der Waals surface area contributed by atoms with E-state index in [2.05, 4.69) is 0 Å². The van der Waals surface area contributed by atoms with E-state index in [0.717, 1.165) is 0 Å². The molecule has 0 aliphatic carbocycles. The largest absolute Gasteiger partial charge is 0.479 e. The van der Waals surface area contributed by atoms with Gasteiger partial charge in [0.2, 0.25) is 6.29 Å². The highest BCUT2D eigenvalue weighted by atomic mass is 16.7. The average molecular weight is 458 g/mol. The summed E-state index contributed by atoms with van der Waals surface area (Å²) in [6, 6.07) is 6.06. The smallest absolute Gasteiger partial charge is 0.336 e. The molecule has 32 heavy (non-hydrogen) atoms. The lowest BCUT2D eigenvalue weighted by atomic mass is 9.89. The number of rotatable bonds is 10. The number of aliphatic carboxylic acids is 1. The van der Waals surface area contributed by atoms with Gasteiger partial charge in [0.15, 0.2) is 5.60 Å². The maximum absolute atomic E-state index is 12.0. The van der Waals surface area contributed by atoms with Crippen LogP contribution in [-0.2, 0) is 25.7 Å². The summed E-state index contributed by atoms with van der Waals surface area (Å²) in [6.45, 7) is 2.71. The van der Waals surface area contributed by atoms with Crippen LogP contribution in [0.2, 0.25) is 0 Å². The Kier molecular flexibility index (Phi) is 8.96. The molecule has 1 saturated heterocycles. The Balaban J connectivity index is 1.91. The Hall–Kier alpha value is -2.28. The molecule has 1 heterocycles. The van der Waals surface area contributed by atoms with Crippen molar-refractivity contribution in [2.75, 3.05) is 6.61 Å². The van der Waals surface area contributed by atoms with Gasteiger partial charge in [-0.15, -0.1) is 0 Å². The molecule has 6 N–H and O–H groups in total. The molecular weight excluding hydrogens is 428 g/mol. The van der Waals surface area contributed by atoms with E-state index in [1.54, 1.807) is 26.0 Å². The fourth-order valence-electron chi connectivity index (χ4n) is 3.33. The van der Waals surface area contributed by atoms with Gasteiger partial charge in [0.25, 0.3) is 0 Å². The highest BCUT2D eigenvalue weighted by Crippen LogP contribution is 2.25. The number of benzene rings is 1. The number of hydrogen-bond acceptors (Lipinski definition) is 10. The molecule has 1 aliphatic heterocycles. The number of hydrogen-bond donors (Lipinski definition) is 6. The van der Waals surface area contributed by atoms with Crippen LogP contribution in [0.25, 0.3) is 0 Å². The van der Waals surface area contributed by atoms with Gasteiger partial charge in [0.05, 0.1) is 13.0 Å². The van der Waals surface area contributed by atoms with Gasteiger partial charge in [-0.1, -0.05) is 26.0 Å². The number of aliphatic hydroxyl groups is 5. The summed E-state index contributed by atoms with van der Waals surface area (Å²) in [5.74, 6) is -2.25. The first-order valence-corrected chi connectivity index (χ1v) is 10.1. The van der Waals surface area contributed by atoms with E-state index in [1.807, 2.05) is 0 Å². The Bertz CT molecular complexity index is 764. The molecule has 0 aromatic heterocycles. The second-order valence-electron chi connectivity index (χ2n) is 8.23. The third-order valence-corrected chi connectivity index (χ3v) is 5.00. The molecule has 1 aliphatic rings. The van der Waals surface area contributed by atoms with Crippen molar-refractivity contribution in [1.29, 1.82) is 0 Å². The third kappa shape index (κ3) is 6.61. The Morgan fingerprint density at radius 3 is 2.25 bits per heavy atom. The first-order valence-electron chi connectivity index (χ1n) is 10.1. The van der Waals surface area contributed by atoms with Gasteiger partial charge in [-0.25, -0.2) is 4.79 Å². The van der Waals surface area contributed by atoms with E-state index < -0.39 is 61.3 Å². The van der Waals surface area contributed by atoms with Crippen molar-refractivity contribution in [2.24, 2.45) is 5.92 Å². The second-order valence-corrected chi connectivity index (χ2v) is 8.23. The van der Waals surface area contributed by atoms with Crippen molar-refractivity contribution < 1.29 is 54.4 Å². The Morgan fingerprint density at radius 1 is 1.09 bits per heavy atom. The van der Waals surface area contributed by atoms with Gasteiger partial charge < -0.3 is 44.8 Å². The lowest BCUT2D eigenvalue weighted by Gasteiger charge is -2.39. The number of carboxylic acid groups (broad SMARTS) is 1. The fraction of sp³-hybridized carbons (Fsp3) is 0.619. The van der Waals surface area contributed by atoms with Crippen LogP contribution in [0.4, 0.5) is 0 Å². The molecular formula is C21H30O11. The zero-order valence-electron chi connectivity index (χ0n) is 17.8. The van der Waals surface area contributed by atoms with Crippen LogP contribution in [0.1, 0.15) is 32.3 Å². The number of ether oxygens (including phenoxy) is 3. The van der Waals surface area contributed by atoms with Gasteiger partial charge in [-0.3, -0.25) is 4.79 Å². The van der Waals surface area contributed by atoms with Gasteiger partial charge >= 0.3 is 11.9 Å². The monoisotopic (exact) mass is 458 g/mol. The number of carbonyl (C=O) groups excluding carboxylic acids is 1. The first kappa shape index (κ1) is 26.0. The molecule has 11 heteroatoms. The lowest BCUT2D eigenvalue weighted by Crippen LogP contribution is -2.60. The second kappa shape index (κ2) is 11.0. The quantitative estimate of drug-likeness (QED) is 0.240. The molecule has 0 radical (unpaired) electrons. The molecule has 0 unspecified atom stereocenters. The van der Waals surface area contributed by atoms with Crippen LogP contribution in [0, 0.1) is 5.92 Å². The molecule has 0 bridgehead atoms. The van der Waals surface area contributed by atoms with Crippen LogP contribution < -0.4 is 4.74 Å². The molecule has 0 saturated carbocycles. The zero-order valence-corrected chi connectivity index (χ0v) is 17.8. The summed E-state index contributed by atoms with van der Waals surface area (Å²) >= 11 is 0. The first-order chi connectivity index (χ1) is 15.0. The minimum absolute atomic E-state index is 0.0958. The van der Waals surface area contributed by atoms with Crippen LogP contribution in [0.3, 0.4) is 0 Å². The van der Waals surface area contributed by atoms with Crippen LogP contribution in [-0.4, -0.2) is 85.5 Å². The SMILES string of the molecule is CC(C)C[C@@](O)(CC(=O)OCc1ccc(O[C@@H]2O[C@H](CO)[C@@H](O)[C@H](O)[C@H]2O)cc1)C(=O)O. The zero-order chi connectivity index (χ0) is 24.1. The maximum atomic E-state index is 12.0. The highest BCUT2D eigenvalue weighted by Gasteiger charge is 2.44. The predicted molar refractivity (Wildman–Crippen MR) is 107 cm³/mol. The molecule has 6 atom stereocenters. The molecule has 180 valence electrons. The van der Waals surface area contributed by atoms with Gasteiger partial charge in [-0.2, -0.15) is 0 Å². The molecule has 1 fully saturated rings. The normalized spacial score (nSPS) is 27.6. The summed E-state index contributed by atoms with van der Waals surface area (Å²) in [6.07, 6.45) is -7.82. The van der Waals surface area contributed by atoms with E-state index in [0.29, 0.717) is 5.56 Å². The van der Waals surface area contributed by atoms with Crippen molar-refractivity contribution in [3.63, 3.8) is 0 Å². The van der Waals surface area contributed by atoms with E-state index >= 15 is 0 Å². The van der Waals surface area contributed by atoms with E-state index in [-0.39, 0.29) is 24.7 Å². The summed E-state index contributed by atoms with van der Waals surface area (Å²) in [5, 5.41) is 58.2. The molecule has 11 nitrogen and oxygen atoms in total. The van der Waals surface area contributed by atoms with Crippen LogP contribution >= 0.6 is 0 Å². The highest BCUT2D eigenvalue weighted by molar-refractivity contribution is 5.84. The Morgan fingerprint density at radius 2 is 1.72 bits per heavy atom. The minimum Gasteiger partial charge on any atom is -0.479 e. The van der Waals surface area contributed by atoms with Crippen molar-refractivity contribution in [3.05, 3.63) is 29.8 Å². The van der Waals surface area contributed by atoms with E-state index in [1.165, 1.54) is 12.1 Å². The van der Waals surface area contributed by atoms with E-state index in [9.17, 15) is 40.2 Å². The molecule has 0 spiro atoms. The van der Waals surface area contributed by atoms with Crippen molar-refractivity contribution >= 4 is 11.9 Å². The van der Waals surface area contributed by atoms with Crippen molar-refractivity contribution in [1.82, 2.24) is 0 Å². The molecule has 1 aromatic rings. The molecule has 1 aromatic carbocycles.